The minimum atomic E-state index is -4.65. The maximum absolute atomic E-state index is 14.6. The van der Waals surface area contributed by atoms with Crippen molar-refractivity contribution in [2.45, 2.75) is 44.8 Å². The first-order valence-corrected chi connectivity index (χ1v) is 13.1. The number of alkyl halides is 3. The van der Waals surface area contributed by atoms with Crippen molar-refractivity contribution in [3.8, 4) is 22.6 Å². The van der Waals surface area contributed by atoms with E-state index >= 15 is 0 Å². The van der Waals surface area contributed by atoms with Crippen LogP contribution in [-0.2, 0) is 11.0 Å². The average Bonchev–Trinajstić information content (AvgIpc) is 2.94. The lowest BCUT2D eigenvalue weighted by molar-refractivity contribution is -0.138. The molecule has 0 saturated heterocycles. The lowest BCUT2D eigenvalue weighted by Crippen LogP contribution is -2.27. The predicted molar refractivity (Wildman–Crippen MR) is 147 cm³/mol. The number of aliphatic carboxylic acids is 1. The Morgan fingerprint density at radius 1 is 1.00 bits per heavy atom. The average molecular weight is 577 g/mol. The van der Waals surface area contributed by atoms with Crippen molar-refractivity contribution in [1.29, 1.82) is 0 Å². The summed E-state index contributed by atoms with van der Waals surface area (Å²) < 4.78 is 64.7. The lowest BCUT2D eigenvalue weighted by Gasteiger charge is -2.21. The number of amides is 1. The molecule has 1 unspecified atom stereocenters. The molecule has 41 heavy (non-hydrogen) atoms. The molecule has 1 atom stereocenters. The third-order valence-electron chi connectivity index (χ3n) is 6.26. The van der Waals surface area contributed by atoms with Crippen LogP contribution in [0.25, 0.3) is 11.1 Å². The highest BCUT2D eigenvalue weighted by molar-refractivity contribution is 5.94. The number of carboxylic acids is 1. The Hall–Kier alpha value is -4.28. The molecule has 0 bridgehead atoms. The number of unbranched alkanes of at least 4 members (excludes halogenated alkanes) is 1. The molecular weight excluding hydrogens is 544 g/mol. The fourth-order valence-electron chi connectivity index (χ4n) is 4.08. The second kappa shape index (κ2) is 14.4. The summed E-state index contributed by atoms with van der Waals surface area (Å²) in [4.78, 5) is 22.8. The second-order valence-electron chi connectivity index (χ2n) is 9.33. The van der Waals surface area contributed by atoms with E-state index < -0.39 is 23.5 Å². The number of ether oxygens (including phenoxy) is 2. The molecule has 7 nitrogen and oxygen atoms in total. The molecule has 1 amide bonds. The Morgan fingerprint density at radius 3 is 2.32 bits per heavy atom. The number of hydrogen-bond donors (Lipinski definition) is 3. The zero-order valence-electron chi connectivity index (χ0n) is 22.7. The molecule has 220 valence electrons. The number of carbonyl (C=O) groups is 2. The van der Waals surface area contributed by atoms with Gasteiger partial charge >= 0.3 is 12.1 Å². The first kappa shape index (κ1) is 31.3. The number of carboxylic acid groups (broad SMARTS) is 1. The number of carbonyl (C=O) groups excluding carboxylic acids is 1. The summed E-state index contributed by atoms with van der Waals surface area (Å²) in [6, 6.07) is 13.7. The van der Waals surface area contributed by atoms with Crippen LogP contribution in [-0.4, -0.2) is 43.3 Å². The van der Waals surface area contributed by atoms with E-state index in [1.165, 1.54) is 13.2 Å². The van der Waals surface area contributed by atoms with Crippen LogP contribution in [0.15, 0.2) is 60.7 Å². The van der Waals surface area contributed by atoms with Crippen LogP contribution in [0.1, 0.15) is 48.5 Å². The normalized spacial score (nSPS) is 12.0. The highest BCUT2D eigenvalue weighted by Gasteiger charge is 2.31. The summed E-state index contributed by atoms with van der Waals surface area (Å²) in [7, 11) is 1.38. The smallest absolute Gasteiger partial charge is 0.416 e. The Balaban J connectivity index is 1.67. The molecule has 3 rings (SSSR count). The van der Waals surface area contributed by atoms with E-state index in [1.807, 2.05) is 0 Å². The molecule has 0 spiro atoms. The van der Waals surface area contributed by atoms with Crippen molar-refractivity contribution in [2.24, 2.45) is 0 Å². The van der Waals surface area contributed by atoms with Crippen molar-refractivity contribution in [2.75, 3.05) is 25.6 Å². The monoisotopic (exact) mass is 576 g/mol. The van der Waals surface area contributed by atoms with Crippen LogP contribution in [0.5, 0.6) is 11.5 Å². The van der Waals surface area contributed by atoms with Crippen LogP contribution in [0.4, 0.5) is 23.2 Å². The fourth-order valence-corrected chi connectivity index (χ4v) is 4.08. The van der Waals surface area contributed by atoms with Gasteiger partial charge < -0.3 is 25.2 Å². The van der Waals surface area contributed by atoms with E-state index in [0.29, 0.717) is 22.9 Å². The molecule has 0 radical (unpaired) electrons. The molecule has 3 N–H and O–H groups in total. The topological polar surface area (TPSA) is 96.9 Å². The van der Waals surface area contributed by atoms with Crippen LogP contribution in [0, 0.1) is 5.82 Å². The quantitative estimate of drug-likeness (QED) is 0.183. The van der Waals surface area contributed by atoms with E-state index in [4.69, 9.17) is 14.6 Å². The first-order chi connectivity index (χ1) is 19.5. The molecule has 0 heterocycles. The number of benzene rings is 3. The minimum Gasteiger partial charge on any atom is -0.496 e. The molecule has 0 aliphatic carbocycles. The third kappa shape index (κ3) is 9.12. The van der Waals surface area contributed by atoms with Gasteiger partial charge in [-0.2, -0.15) is 13.2 Å². The second-order valence-corrected chi connectivity index (χ2v) is 9.33. The van der Waals surface area contributed by atoms with Crippen molar-refractivity contribution in [1.82, 2.24) is 5.32 Å². The van der Waals surface area contributed by atoms with Gasteiger partial charge in [-0.05, 0) is 55.0 Å². The summed E-state index contributed by atoms with van der Waals surface area (Å²) >= 11 is 0. The number of anilines is 1. The van der Waals surface area contributed by atoms with E-state index in [1.54, 1.807) is 36.4 Å². The Morgan fingerprint density at radius 2 is 1.71 bits per heavy atom. The number of hydrogen-bond acceptors (Lipinski definition) is 5. The molecule has 0 aromatic heterocycles. The van der Waals surface area contributed by atoms with E-state index in [9.17, 15) is 27.2 Å². The molecule has 0 saturated carbocycles. The summed E-state index contributed by atoms with van der Waals surface area (Å²) in [5, 5.41) is 14.6. The maximum Gasteiger partial charge on any atom is 0.416 e. The SMILES string of the molecule is CCCCC(COc1ccc(-c2ccc(C(F)(F)F)cc2F)c(OC)c1)Nc1ccc(C(=O)NCCC(=O)O)cc1. The molecule has 0 fully saturated rings. The number of methoxy groups -OCH3 is 1. The van der Waals surface area contributed by atoms with Crippen LogP contribution < -0.4 is 20.1 Å². The van der Waals surface area contributed by atoms with Gasteiger partial charge in [0, 0.05) is 35.0 Å². The molecule has 3 aromatic carbocycles. The highest BCUT2D eigenvalue weighted by atomic mass is 19.4. The van der Waals surface area contributed by atoms with Crippen molar-refractivity contribution in [3.05, 3.63) is 77.6 Å². The largest absolute Gasteiger partial charge is 0.496 e. The van der Waals surface area contributed by atoms with Gasteiger partial charge in [-0.1, -0.05) is 25.8 Å². The summed E-state index contributed by atoms with van der Waals surface area (Å²) in [5.74, 6) is -1.68. The van der Waals surface area contributed by atoms with Gasteiger partial charge in [0.15, 0.2) is 0 Å². The predicted octanol–water partition coefficient (Wildman–Crippen LogP) is 6.77. The Bertz CT molecular complexity index is 1330. The van der Waals surface area contributed by atoms with Gasteiger partial charge in [-0.3, -0.25) is 9.59 Å². The summed E-state index contributed by atoms with van der Waals surface area (Å²) in [6.07, 6.45) is -2.12. The van der Waals surface area contributed by atoms with Gasteiger partial charge in [0.2, 0.25) is 0 Å². The van der Waals surface area contributed by atoms with Gasteiger partial charge in [-0.15, -0.1) is 0 Å². The van der Waals surface area contributed by atoms with Gasteiger partial charge in [-0.25, -0.2) is 4.39 Å². The molecule has 11 heteroatoms. The Kier molecular flexibility index (Phi) is 11.0. The summed E-state index contributed by atoms with van der Waals surface area (Å²) in [5.41, 5.74) is 0.361. The van der Waals surface area contributed by atoms with E-state index in [-0.39, 0.29) is 42.8 Å². The van der Waals surface area contributed by atoms with Crippen molar-refractivity contribution < 1.29 is 41.7 Å². The van der Waals surface area contributed by atoms with Crippen molar-refractivity contribution >= 4 is 17.6 Å². The van der Waals surface area contributed by atoms with Gasteiger partial charge in [0.1, 0.15) is 23.9 Å². The number of rotatable bonds is 14. The fraction of sp³-hybridized carbons (Fsp3) is 0.333. The Labute approximate surface area is 235 Å². The zero-order chi connectivity index (χ0) is 30.0. The van der Waals surface area contributed by atoms with Gasteiger partial charge in [0.25, 0.3) is 5.91 Å². The van der Waals surface area contributed by atoms with Crippen molar-refractivity contribution in [3.63, 3.8) is 0 Å². The third-order valence-corrected chi connectivity index (χ3v) is 6.26. The zero-order valence-corrected chi connectivity index (χ0v) is 22.7. The van der Waals surface area contributed by atoms with Gasteiger partial charge in [0.05, 0.1) is 25.1 Å². The molecular formula is C30H32F4N2O5. The minimum absolute atomic E-state index is 0.0251. The van der Waals surface area contributed by atoms with Crippen LogP contribution >= 0.6 is 0 Å². The van der Waals surface area contributed by atoms with Crippen LogP contribution in [0.3, 0.4) is 0 Å². The highest BCUT2D eigenvalue weighted by Crippen LogP contribution is 2.37. The summed E-state index contributed by atoms with van der Waals surface area (Å²) in [6.45, 7) is 2.38. The van der Waals surface area contributed by atoms with E-state index in [0.717, 1.165) is 37.1 Å². The maximum atomic E-state index is 14.6. The number of nitrogens with one attached hydrogen (secondary N) is 2. The molecule has 0 aliphatic rings. The van der Waals surface area contributed by atoms with Crippen LogP contribution in [0.2, 0.25) is 0 Å². The molecule has 0 aliphatic heterocycles. The number of halogens is 4. The standard InChI is InChI=1S/C30H32F4N2O5/c1-3-4-5-22(36-21-9-6-19(7-10-21)29(39)35-15-14-28(37)38)18-41-23-11-13-25(27(17-23)40-2)24-12-8-20(16-26(24)31)30(32,33)34/h6-13,16-17,22,36H,3-5,14-15,18H2,1-2H3,(H,35,39)(H,37,38). The first-order valence-electron chi connectivity index (χ1n) is 13.1. The van der Waals surface area contributed by atoms with E-state index in [2.05, 4.69) is 17.6 Å². The molecule has 3 aromatic rings. The lowest BCUT2D eigenvalue weighted by atomic mass is 10.0.